The van der Waals surface area contributed by atoms with Gasteiger partial charge >= 0.3 is 5.97 Å². The van der Waals surface area contributed by atoms with Gasteiger partial charge in [0.2, 0.25) is 0 Å². The molecule has 16 nitrogen and oxygen atoms in total. The van der Waals surface area contributed by atoms with Crippen LogP contribution in [0.3, 0.4) is 0 Å². The number of aldehydes is 1. The van der Waals surface area contributed by atoms with Crippen LogP contribution in [0, 0.1) is 5.41 Å². The zero-order chi connectivity index (χ0) is 35.1. The number of fused-ring (bicyclic) bond motifs is 4. The van der Waals surface area contributed by atoms with E-state index < -0.39 is 53.2 Å². The number of oxime groups is 1. The normalized spacial score (nSPS) is 26.1. The highest BCUT2D eigenvalue weighted by Crippen LogP contribution is 2.46. The van der Waals surface area contributed by atoms with Gasteiger partial charge in [0.05, 0.1) is 30.2 Å². The van der Waals surface area contributed by atoms with Crippen LogP contribution in [0.25, 0.3) is 0 Å². The number of nitrogens with two attached hydrogens (primary N) is 1. The van der Waals surface area contributed by atoms with Crippen LogP contribution in [0.2, 0.25) is 5.02 Å². The number of aromatic hydroxyl groups is 2. The van der Waals surface area contributed by atoms with Crippen molar-refractivity contribution < 1.29 is 48.6 Å². The second-order valence-corrected chi connectivity index (χ2v) is 14.9. The molecular formula is C30H33ClN7O9S2+. The van der Waals surface area contributed by atoms with Crippen LogP contribution >= 0.6 is 34.7 Å². The van der Waals surface area contributed by atoms with Gasteiger partial charge in [-0.2, -0.15) is 0 Å². The third kappa shape index (κ3) is 6.52. The molecule has 0 unspecified atom stereocenters. The van der Waals surface area contributed by atoms with E-state index in [1.165, 1.54) is 34.2 Å². The van der Waals surface area contributed by atoms with Gasteiger partial charge in [-0.1, -0.05) is 16.8 Å². The Bertz CT molecular complexity index is 1770. The summed E-state index contributed by atoms with van der Waals surface area (Å²) in [7, 11) is 0. The number of carbonyl (C=O) groups excluding carboxylic acids is 4. The van der Waals surface area contributed by atoms with Crippen molar-refractivity contribution >= 4 is 75.5 Å². The van der Waals surface area contributed by atoms with Crippen molar-refractivity contribution in [3.8, 4) is 11.5 Å². The predicted octanol–water partition coefficient (Wildman–Crippen LogP) is 0.879. The average Bonchev–Trinajstić information content (AvgIpc) is 3.53. The average molecular weight is 735 g/mol. The molecule has 4 fully saturated rings. The lowest BCUT2D eigenvalue weighted by atomic mass is 9.70. The number of aliphatic carboxylic acids is 1. The molecule has 5 aliphatic heterocycles. The van der Waals surface area contributed by atoms with Crippen LogP contribution < -0.4 is 16.4 Å². The van der Waals surface area contributed by atoms with Crippen LogP contribution in [0.5, 0.6) is 11.5 Å². The van der Waals surface area contributed by atoms with Gasteiger partial charge in [0.1, 0.15) is 29.4 Å². The van der Waals surface area contributed by atoms with Crippen LogP contribution in [0.1, 0.15) is 35.3 Å². The van der Waals surface area contributed by atoms with Crippen LogP contribution in [-0.2, 0) is 24.0 Å². The standard InChI is InChI=1S/C30H32ClN7O9S2/c31-19-16(1-2-18(40)23(19)41)24(42)33-14-30-3-6-38(7-4-30,8-5-30)11-15-12-48-27-21(26(44)37(27)22(15)28(45)46)35-25(43)20(36-47-10-9-39)17-13-49-29(32)34-17/h1-2,9,13,21,27H,3-8,10-12,14H2,(H6-,32,33,34,35,36,40,41,42,43,45,46)/p+1/t21-,27+,30?,38?/m0/s1. The first kappa shape index (κ1) is 34.5. The molecule has 0 saturated carbocycles. The number of β-lactam (4-membered cyclic amide) rings is 1. The van der Waals surface area contributed by atoms with Gasteiger partial charge in [-0.25, -0.2) is 9.78 Å². The predicted molar refractivity (Wildman–Crippen MR) is 178 cm³/mol. The Labute approximate surface area is 292 Å². The molecule has 7 N–H and O–H groups in total. The Balaban J connectivity index is 1.10. The van der Waals surface area contributed by atoms with Gasteiger partial charge in [0, 0.05) is 47.9 Å². The fraction of sp³-hybridized carbons (Fsp3) is 0.433. The Hall–Kier alpha value is -4.39. The minimum Gasteiger partial charge on any atom is -0.504 e. The molecule has 0 radical (unpaired) electrons. The number of rotatable bonds is 12. The Kier molecular flexibility index (Phi) is 9.49. The maximum Gasteiger partial charge on any atom is 0.352 e. The molecule has 0 spiro atoms. The number of anilines is 1. The van der Waals surface area contributed by atoms with E-state index in [2.05, 4.69) is 20.8 Å². The maximum absolute atomic E-state index is 13.4. The highest BCUT2D eigenvalue weighted by molar-refractivity contribution is 8.00. The molecule has 1 aromatic heterocycles. The van der Waals surface area contributed by atoms with Crippen molar-refractivity contribution in [3.63, 3.8) is 0 Å². The van der Waals surface area contributed by atoms with Gasteiger partial charge in [0.15, 0.2) is 35.2 Å². The summed E-state index contributed by atoms with van der Waals surface area (Å²) >= 11 is 8.50. The maximum atomic E-state index is 13.4. The number of phenols is 2. The van der Waals surface area contributed by atoms with E-state index in [0.717, 1.165) is 50.2 Å². The van der Waals surface area contributed by atoms with E-state index in [1.54, 1.807) is 0 Å². The van der Waals surface area contributed by atoms with E-state index in [9.17, 15) is 39.3 Å². The van der Waals surface area contributed by atoms with Crippen molar-refractivity contribution in [2.45, 2.75) is 30.7 Å². The van der Waals surface area contributed by atoms with Crippen molar-refractivity contribution in [2.75, 3.05) is 50.8 Å². The first-order valence-electron chi connectivity index (χ1n) is 15.3. The van der Waals surface area contributed by atoms with Gasteiger partial charge in [-0.05, 0) is 12.1 Å². The van der Waals surface area contributed by atoms with Gasteiger partial charge in [-0.15, -0.1) is 23.1 Å². The van der Waals surface area contributed by atoms with Crippen molar-refractivity contribution in [1.29, 1.82) is 0 Å². The molecule has 2 aromatic rings. The minimum atomic E-state index is -1.22. The Morgan fingerprint density at radius 1 is 1.22 bits per heavy atom. The number of halogens is 1. The first-order chi connectivity index (χ1) is 23.4. The van der Waals surface area contributed by atoms with E-state index >= 15 is 0 Å². The first-order valence-corrected chi connectivity index (χ1v) is 17.6. The highest BCUT2D eigenvalue weighted by Gasteiger charge is 2.56. The molecule has 5 aliphatic rings. The summed E-state index contributed by atoms with van der Waals surface area (Å²) < 4.78 is 0.671. The molecule has 260 valence electrons. The Morgan fingerprint density at radius 3 is 2.57 bits per heavy atom. The van der Waals surface area contributed by atoms with Crippen LogP contribution in [0.15, 0.2) is 33.9 Å². The number of thioether (sulfide) groups is 1. The summed E-state index contributed by atoms with van der Waals surface area (Å²) in [5, 5.41) is 39.8. The second-order valence-electron chi connectivity index (χ2n) is 12.5. The fourth-order valence-electron chi connectivity index (χ4n) is 6.88. The van der Waals surface area contributed by atoms with E-state index in [0.29, 0.717) is 35.2 Å². The lowest BCUT2D eigenvalue weighted by molar-refractivity contribution is -0.941. The summed E-state index contributed by atoms with van der Waals surface area (Å²) in [6.45, 7) is 2.77. The number of nitrogens with one attached hydrogen (secondary N) is 2. The SMILES string of the molecule is Nc1nc(/C(=N/OCC=O)C(=O)N[C@H]2C(=O)N3C(C(=O)O)=C(C[N+]45CCC(CNC(=O)c6ccc(O)c(O)c6Cl)(CC4)CC5)CS[C@H]23)cs1. The third-order valence-electron chi connectivity index (χ3n) is 9.65. The number of nitrogen functional groups attached to an aromatic ring is 1. The minimum absolute atomic E-state index is 0.0640. The number of piperidine rings is 3. The molecule has 0 aliphatic carbocycles. The summed E-state index contributed by atoms with van der Waals surface area (Å²) in [5.41, 5.74) is 6.03. The number of carbonyl (C=O) groups is 5. The summed E-state index contributed by atoms with van der Waals surface area (Å²) in [4.78, 5) is 72.8. The molecule has 6 heterocycles. The lowest BCUT2D eigenvalue weighted by Crippen LogP contribution is -2.71. The van der Waals surface area contributed by atoms with Gasteiger partial charge in [-0.3, -0.25) is 24.1 Å². The molecular weight excluding hydrogens is 702 g/mol. The number of quaternary nitrogens is 1. The van der Waals surface area contributed by atoms with Crippen molar-refractivity contribution in [1.82, 2.24) is 20.5 Å². The largest absolute Gasteiger partial charge is 0.504 e. The molecule has 3 amide bonds. The van der Waals surface area contributed by atoms with E-state index in [1.807, 2.05) is 0 Å². The number of aromatic nitrogens is 1. The number of amides is 3. The summed E-state index contributed by atoms with van der Waals surface area (Å²) in [6, 6.07) is 1.54. The topological polar surface area (TPSA) is 234 Å². The number of hydrogen-bond donors (Lipinski definition) is 6. The quantitative estimate of drug-likeness (QED) is 0.0339. The summed E-state index contributed by atoms with van der Waals surface area (Å²) in [5.74, 6) is -3.63. The zero-order valence-corrected chi connectivity index (χ0v) is 28.3. The van der Waals surface area contributed by atoms with Crippen LogP contribution in [0.4, 0.5) is 5.13 Å². The molecule has 7 rings (SSSR count). The fourth-order valence-corrected chi connectivity index (χ4v) is 9.01. The molecule has 2 bridgehead atoms. The zero-order valence-electron chi connectivity index (χ0n) is 25.9. The summed E-state index contributed by atoms with van der Waals surface area (Å²) in [6.07, 6.45) is 2.86. The van der Waals surface area contributed by atoms with Crippen molar-refractivity contribution in [3.05, 3.63) is 45.1 Å². The number of carboxylic acids is 1. The molecule has 19 heteroatoms. The smallest absolute Gasteiger partial charge is 0.352 e. The van der Waals surface area contributed by atoms with E-state index in [4.69, 9.17) is 22.2 Å². The monoisotopic (exact) mass is 734 g/mol. The number of benzene rings is 1. The number of thiazole rings is 1. The Morgan fingerprint density at radius 2 is 1.94 bits per heavy atom. The third-order valence-corrected chi connectivity index (χ3v) is 12.0. The number of phenolic OH excluding ortho intramolecular Hbond substituents is 2. The number of hydrogen-bond acceptors (Lipinski definition) is 13. The van der Waals surface area contributed by atoms with Gasteiger partial charge < -0.3 is 41.0 Å². The lowest BCUT2D eigenvalue weighted by Gasteiger charge is -2.56. The number of carboxylic acid groups (broad SMARTS) is 1. The molecule has 4 saturated heterocycles. The van der Waals surface area contributed by atoms with Gasteiger partial charge in [0.25, 0.3) is 17.7 Å². The van der Waals surface area contributed by atoms with Crippen LogP contribution in [-0.4, -0.2) is 122 Å². The second kappa shape index (κ2) is 13.5. The number of nitrogens with zero attached hydrogens (tertiary/aromatic N) is 4. The van der Waals surface area contributed by atoms with E-state index in [-0.39, 0.29) is 38.2 Å². The van der Waals surface area contributed by atoms with Crippen molar-refractivity contribution in [2.24, 2.45) is 10.6 Å². The highest BCUT2D eigenvalue weighted by atomic mass is 35.5. The molecule has 2 atom stereocenters. The molecule has 49 heavy (non-hydrogen) atoms. The molecule has 1 aromatic carbocycles.